The molecule has 3 aromatic rings. The van der Waals surface area contributed by atoms with E-state index in [0.717, 1.165) is 0 Å². The van der Waals surface area contributed by atoms with Crippen molar-refractivity contribution in [3.63, 3.8) is 0 Å². The number of carbonyl (C=O) groups is 3. The van der Waals surface area contributed by atoms with Gasteiger partial charge in [0.05, 0.1) is 0 Å². The first kappa shape index (κ1) is 20.0. The zero-order chi connectivity index (χ0) is 19.8. The molecule has 0 aliphatic carbocycles. The third-order valence-electron chi connectivity index (χ3n) is 4.52. The summed E-state index contributed by atoms with van der Waals surface area (Å²) >= 11 is -2.29. The van der Waals surface area contributed by atoms with Crippen LogP contribution in [0, 0.1) is 0 Å². The van der Waals surface area contributed by atoms with E-state index in [9.17, 15) is 14.4 Å². The van der Waals surface area contributed by atoms with Gasteiger partial charge in [-0.05, 0) is 0 Å². The van der Waals surface area contributed by atoms with Crippen LogP contribution < -0.4 is 0 Å². The number of ketones is 3. The second-order valence-corrected chi connectivity index (χ2v) is 12.0. The third-order valence-corrected chi connectivity index (χ3v) is 9.69. The second-order valence-electron chi connectivity index (χ2n) is 6.65. The van der Waals surface area contributed by atoms with E-state index < -0.39 is 14.3 Å². The van der Waals surface area contributed by atoms with Crippen molar-refractivity contribution in [3.05, 3.63) is 108 Å². The summed E-state index contributed by atoms with van der Waals surface area (Å²) in [4.78, 5) is 38.1. The maximum atomic E-state index is 12.7. The van der Waals surface area contributed by atoms with Crippen molar-refractivity contribution in [1.82, 2.24) is 0 Å². The summed E-state index contributed by atoms with van der Waals surface area (Å²) in [6.07, 6.45) is 0. The van der Waals surface area contributed by atoms with E-state index in [-0.39, 0.29) is 17.3 Å². The normalized spacial score (nSPS) is 10.6. The van der Waals surface area contributed by atoms with Gasteiger partial charge < -0.3 is 0 Å². The number of rotatable bonds is 9. The van der Waals surface area contributed by atoms with Gasteiger partial charge in [0.15, 0.2) is 0 Å². The van der Waals surface area contributed by atoms with Crippen LogP contribution in [-0.4, -0.2) is 31.7 Å². The summed E-state index contributed by atoms with van der Waals surface area (Å²) in [5.41, 5.74) is 1.94. The molecular formula is C24H21GeO3. The SMILES string of the molecule is O=C([CH2][Ge]([CH2]C(=O)c1ccccc1)[CH2]C(=O)c1ccccc1)c1ccccc1. The molecule has 0 saturated heterocycles. The fraction of sp³-hybridized carbons (Fsp3) is 0.125. The topological polar surface area (TPSA) is 51.2 Å². The van der Waals surface area contributed by atoms with Gasteiger partial charge in [0.25, 0.3) is 0 Å². The van der Waals surface area contributed by atoms with E-state index in [1.165, 1.54) is 0 Å². The van der Waals surface area contributed by atoms with Crippen molar-refractivity contribution in [2.75, 3.05) is 0 Å². The Morgan fingerprint density at radius 2 is 0.714 bits per heavy atom. The van der Waals surface area contributed by atoms with Gasteiger partial charge in [-0.2, -0.15) is 0 Å². The van der Waals surface area contributed by atoms with Crippen molar-refractivity contribution in [3.8, 4) is 0 Å². The van der Waals surface area contributed by atoms with Crippen molar-refractivity contribution >= 4 is 31.7 Å². The van der Waals surface area contributed by atoms with Gasteiger partial charge >= 0.3 is 170 Å². The minimum atomic E-state index is -2.29. The van der Waals surface area contributed by atoms with Gasteiger partial charge in [0.2, 0.25) is 0 Å². The van der Waals surface area contributed by atoms with Crippen LogP contribution in [0.3, 0.4) is 0 Å². The number of Topliss-reactive ketones (excluding diaryl/α,β-unsaturated/α-hetero) is 3. The van der Waals surface area contributed by atoms with Crippen molar-refractivity contribution < 1.29 is 14.4 Å². The first-order valence-electron chi connectivity index (χ1n) is 9.22. The summed E-state index contributed by atoms with van der Waals surface area (Å²) in [5.74, 6) is 0.0759. The molecule has 0 spiro atoms. The minimum absolute atomic E-state index is 0.0253. The first-order chi connectivity index (χ1) is 13.6. The molecule has 1 radical (unpaired) electrons. The van der Waals surface area contributed by atoms with Gasteiger partial charge in [0, 0.05) is 0 Å². The Balaban J connectivity index is 1.76. The van der Waals surface area contributed by atoms with Crippen molar-refractivity contribution in [2.24, 2.45) is 0 Å². The van der Waals surface area contributed by atoms with Gasteiger partial charge in [-0.1, -0.05) is 0 Å². The van der Waals surface area contributed by atoms with Crippen LogP contribution in [0.15, 0.2) is 91.0 Å². The van der Waals surface area contributed by atoms with Crippen LogP contribution in [0.5, 0.6) is 0 Å². The molecule has 0 unspecified atom stereocenters. The second kappa shape index (κ2) is 9.95. The summed E-state index contributed by atoms with van der Waals surface area (Å²) in [7, 11) is 0. The Labute approximate surface area is 169 Å². The Morgan fingerprint density at radius 3 is 0.964 bits per heavy atom. The molecular weight excluding hydrogens is 409 g/mol. The van der Waals surface area contributed by atoms with Gasteiger partial charge in [0.1, 0.15) is 0 Å². The summed E-state index contributed by atoms with van der Waals surface area (Å²) in [6, 6.07) is 27.3. The molecule has 0 aromatic heterocycles. The zero-order valence-corrected chi connectivity index (χ0v) is 17.6. The quantitative estimate of drug-likeness (QED) is 0.350. The van der Waals surface area contributed by atoms with E-state index in [4.69, 9.17) is 0 Å². The molecule has 0 saturated carbocycles. The van der Waals surface area contributed by atoms with Crippen molar-refractivity contribution in [2.45, 2.75) is 15.8 Å². The Bertz CT molecular complexity index is 810. The summed E-state index contributed by atoms with van der Waals surface area (Å²) in [5, 5.41) is 1.00. The average molecular weight is 430 g/mol. The summed E-state index contributed by atoms with van der Waals surface area (Å²) in [6.45, 7) is 0. The molecule has 3 aromatic carbocycles. The van der Waals surface area contributed by atoms with E-state index in [1.54, 1.807) is 36.4 Å². The van der Waals surface area contributed by atoms with Crippen LogP contribution >= 0.6 is 0 Å². The van der Waals surface area contributed by atoms with Crippen LogP contribution in [0.1, 0.15) is 31.1 Å². The van der Waals surface area contributed by atoms with Gasteiger partial charge in [-0.3, -0.25) is 0 Å². The fourth-order valence-corrected chi connectivity index (χ4v) is 7.98. The molecule has 0 atom stereocenters. The third kappa shape index (κ3) is 5.60. The molecule has 0 heterocycles. The summed E-state index contributed by atoms with van der Waals surface area (Å²) < 4.78 is 0. The Morgan fingerprint density at radius 1 is 0.464 bits per heavy atom. The number of hydrogen-bond donors (Lipinski definition) is 0. The molecule has 0 amide bonds. The average Bonchev–Trinajstić information content (AvgIpc) is 2.75. The zero-order valence-electron chi connectivity index (χ0n) is 15.5. The van der Waals surface area contributed by atoms with E-state index in [2.05, 4.69) is 0 Å². The maximum absolute atomic E-state index is 12.7. The standard InChI is InChI=1S/C24H21GeO3/c26-22(19-10-4-1-5-11-19)16-25(17-23(27)20-12-6-2-7-13-20)18-24(28)21-14-8-3-9-15-21/h1-15H,16-18H2. The molecule has 4 heteroatoms. The molecule has 3 nitrogen and oxygen atoms in total. The fourth-order valence-electron chi connectivity index (χ4n) is 3.05. The van der Waals surface area contributed by atoms with E-state index in [1.807, 2.05) is 54.6 Å². The predicted octanol–water partition coefficient (Wildman–Crippen LogP) is 5.13. The Hall–Kier alpha value is -2.79. The molecule has 139 valence electrons. The molecule has 0 bridgehead atoms. The number of hydrogen-bond acceptors (Lipinski definition) is 3. The van der Waals surface area contributed by atoms with Gasteiger partial charge in [-0.25, -0.2) is 0 Å². The molecule has 3 rings (SSSR count). The van der Waals surface area contributed by atoms with Crippen LogP contribution in [0.2, 0.25) is 15.8 Å². The molecule has 0 N–H and O–H groups in total. The van der Waals surface area contributed by atoms with Gasteiger partial charge in [-0.15, -0.1) is 0 Å². The molecule has 0 aliphatic heterocycles. The van der Waals surface area contributed by atoms with Crippen LogP contribution in [0.4, 0.5) is 0 Å². The number of benzene rings is 3. The first-order valence-corrected chi connectivity index (χ1v) is 13.7. The Kier molecular flexibility index (Phi) is 7.09. The van der Waals surface area contributed by atoms with Crippen molar-refractivity contribution in [1.29, 1.82) is 0 Å². The molecule has 0 aliphatic rings. The van der Waals surface area contributed by atoms with E-state index in [0.29, 0.717) is 32.5 Å². The monoisotopic (exact) mass is 431 g/mol. The molecule has 0 fully saturated rings. The van der Waals surface area contributed by atoms with Crippen LogP contribution in [0.25, 0.3) is 0 Å². The van der Waals surface area contributed by atoms with Crippen LogP contribution in [-0.2, 0) is 0 Å². The van der Waals surface area contributed by atoms with E-state index >= 15 is 0 Å². The molecule has 28 heavy (non-hydrogen) atoms. The number of carbonyl (C=O) groups excluding carboxylic acids is 3. The predicted molar refractivity (Wildman–Crippen MR) is 112 cm³/mol.